The predicted octanol–water partition coefficient (Wildman–Crippen LogP) is 4.14. The molecule has 0 fully saturated rings. The molecule has 0 unspecified atom stereocenters. The largest absolute Gasteiger partial charge is 0.241 e. The van der Waals surface area contributed by atoms with Crippen molar-refractivity contribution in [2.24, 2.45) is 0 Å². The smallest absolute Gasteiger partial charge is 0.207 e. The summed E-state index contributed by atoms with van der Waals surface area (Å²) >= 11 is 9.18. The highest BCUT2D eigenvalue weighted by Gasteiger charge is 2.19. The fourth-order valence-electron chi connectivity index (χ4n) is 1.80. The van der Waals surface area contributed by atoms with Crippen LogP contribution < -0.4 is 4.72 Å². The van der Waals surface area contributed by atoms with Crippen LogP contribution in [0.15, 0.2) is 57.9 Å². The van der Waals surface area contributed by atoms with Gasteiger partial charge in [0.2, 0.25) is 10.0 Å². The van der Waals surface area contributed by atoms with E-state index in [2.05, 4.69) is 20.7 Å². The van der Waals surface area contributed by atoms with Crippen molar-refractivity contribution < 1.29 is 8.42 Å². The highest BCUT2D eigenvalue weighted by atomic mass is 79.9. The minimum atomic E-state index is -3.57. The van der Waals surface area contributed by atoms with Gasteiger partial charge in [0.25, 0.3) is 0 Å². The lowest BCUT2D eigenvalue weighted by Gasteiger charge is -2.16. The molecule has 0 aliphatic rings. The van der Waals surface area contributed by atoms with E-state index in [1.165, 1.54) is 12.1 Å². The highest BCUT2D eigenvalue weighted by Crippen LogP contribution is 2.24. The Kier molecular flexibility index (Phi) is 4.86. The molecule has 0 saturated carbocycles. The van der Waals surface area contributed by atoms with Crippen LogP contribution in [0, 0.1) is 0 Å². The number of hydrogen-bond acceptors (Lipinski definition) is 2. The van der Waals surface area contributed by atoms with Crippen LogP contribution in [0.2, 0.25) is 5.02 Å². The van der Waals surface area contributed by atoms with Gasteiger partial charge in [0.1, 0.15) is 0 Å². The maximum Gasteiger partial charge on any atom is 0.241 e. The summed E-state index contributed by atoms with van der Waals surface area (Å²) < 4.78 is 28.1. The normalized spacial score (nSPS) is 13.2. The van der Waals surface area contributed by atoms with Crippen LogP contribution in [-0.4, -0.2) is 8.42 Å². The lowest BCUT2D eigenvalue weighted by molar-refractivity contribution is 0.566. The van der Waals surface area contributed by atoms with E-state index in [4.69, 9.17) is 11.6 Å². The van der Waals surface area contributed by atoms with Gasteiger partial charge in [-0.1, -0.05) is 45.7 Å². The molecule has 0 bridgehead atoms. The van der Waals surface area contributed by atoms with E-state index in [-0.39, 0.29) is 10.9 Å². The fourth-order valence-corrected chi connectivity index (χ4v) is 3.78. The molecule has 20 heavy (non-hydrogen) atoms. The van der Waals surface area contributed by atoms with E-state index in [0.717, 1.165) is 10.0 Å². The van der Waals surface area contributed by atoms with Crippen molar-refractivity contribution >= 4 is 37.6 Å². The first-order valence-electron chi connectivity index (χ1n) is 5.92. The molecule has 2 aromatic carbocycles. The van der Waals surface area contributed by atoms with Crippen LogP contribution >= 0.6 is 27.5 Å². The molecule has 2 aromatic rings. The van der Waals surface area contributed by atoms with Crippen molar-refractivity contribution in [2.75, 3.05) is 0 Å². The fraction of sp³-hybridized carbons (Fsp3) is 0.143. The van der Waals surface area contributed by atoms with Gasteiger partial charge in [-0.3, -0.25) is 0 Å². The average molecular weight is 375 g/mol. The molecule has 0 saturated heterocycles. The zero-order valence-corrected chi connectivity index (χ0v) is 13.8. The molecule has 0 aliphatic carbocycles. The van der Waals surface area contributed by atoms with E-state index in [0.29, 0.717) is 5.02 Å². The first kappa shape index (κ1) is 15.5. The first-order chi connectivity index (χ1) is 9.40. The van der Waals surface area contributed by atoms with Crippen LogP contribution in [0.1, 0.15) is 18.5 Å². The summed E-state index contributed by atoms with van der Waals surface area (Å²) in [6.07, 6.45) is 0. The van der Waals surface area contributed by atoms with Crippen molar-refractivity contribution in [3.8, 4) is 0 Å². The lowest BCUT2D eigenvalue weighted by atomic mass is 10.1. The molecule has 6 heteroatoms. The van der Waals surface area contributed by atoms with Gasteiger partial charge in [0, 0.05) is 15.5 Å². The zero-order chi connectivity index (χ0) is 14.8. The Bertz CT molecular complexity index is 701. The van der Waals surface area contributed by atoms with E-state index in [1.807, 2.05) is 24.3 Å². The van der Waals surface area contributed by atoms with E-state index < -0.39 is 10.0 Å². The monoisotopic (exact) mass is 373 g/mol. The number of halogens is 2. The van der Waals surface area contributed by atoms with E-state index >= 15 is 0 Å². The Morgan fingerprint density at radius 3 is 2.30 bits per heavy atom. The standard InChI is InChI=1S/C14H13BrClNO2S/c1-10(13-4-2-3-5-14(13)15)17-20(18,19)12-8-6-11(16)7-9-12/h2-10,17H,1H3/t10-/m1/s1. The molecule has 3 nitrogen and oxygen atoms in total. The maximum atomic E-state index is 12.3. The van der Waals surface area contributed by atoms with Gasteiger partial charge >= 0.3 is 0 Å². The molecular formula is C14H13BrClNO2S. The second-order valence-corrected chi connectivity index (χ2v) is 7.32. The van der Waals surface area contributed by atoms with E-state index in [1.54, 1.807) is 19.1 Å². The molecule has 106 valence electrons. The molecule has 2 rings (SSSR count). The van der Waals surface area contributed by atoms with Gasteiger partial charge in [-0.15, -0.1) is 0 Å². The van der Waals surface area contributed by atoms with Gasteiger partial charge < -0.3 is 0 Å². The first-order valence-corrected chi connectivity index (χ1v) is 8.58. The molecule has 0 amide bonds. The second kappa shape index (κ2) is 6.26. The molecule has 0 radical (unpaired) electrons. The highest BCUT2D eigenvalue weighted by molar-refractivity contribution is 9.10. The second-order valence-electron chi connectivity index (χ2n) is 4.32. The minimum Gasteiger partial charge on any atom is -0.207 e. The molecular weight excluding hydrogens is 362 g/mol. The van der Waals surface area contributed by atoms with Crippen LogP contribution in [0.5, 0.6) is 0 Å². The Morgan fingerprint density at radius 1 is 1.10 bits per heavy atom. The predicted molar refractivity (Wildman–Crippen MR) is 84.3 cm³/mol. The van der Waals surface area contributed by atoms with Gasteiger partial charge in [-0.05, 0) is 42.8 Å². The zero-order valence-electron chi connectivity index (χ0n) is 10.7. The van der Waals surface area contributed by atoms with Crippen molar-refractivity contribution in [3.05, 3.63) is 63.6 Å². The molecule has 1 N–H and O–H groups in total. The number of rotatable bonds is 4. The Morgan fingerprint density at radius 2 is 1.70 bits per heavy atom. The van der Waals surface area contributed by atoms with Crippen LogP contribution in [0.25, 0.3) is 0 Å². The summed E-state index contributed by atoms with van der Waals surface area (Å²) in [7, 11) is -3.57. The van der Waals surface area contributed by atoms with Crippen molar-refractivity contribution in [3.63, 3.8) is 0 Å². The van der Waals surface area contributed by atoms with Crippen molar-refractivity contribution in [2.45, 2.75) is 17.9 Å². The lowest BCUT2D eigenvalue weighted by Crippen LogP contribution is -2.27. The van der Waals surface area contributed by atoms with Crippen molar-refractivity contribution in [1.29, 1.82) is 0 Å². The maximum absolute atomic E-state index is 12.3. The summed E-state index contributed by atoms with van der Waals surface area (Å²) in [6.45, 7) is 1.80. The third-order valence-corrected chi connectivity index (χ3v) is 5.36. The van der Waals surface area contributed by atoms with Crippen LogP contribution in [0.4, 0.5) is 0 Å². The minimum absolute atomic E-state index is 0.195. The number of hydrogen-bond donors (Lipinski definition) is 1. The molecule has 0 spiro atoms. The third kappa shape index (κ3) is 3.61. The van der Waals surface area contributed by atoms with Crippen molar-refractivity contribution in [1.82, 2.24) is 4.72 Å². The van der Waals surface area contributed by atoms with E-state index in [9.17, 15) is 8.42 Å². The Balaban J connectivity index is 2.24. The quantitative estimate of drug-likeness (QED) is 0.874. The number of nitrogens with one attached hydrogen (secondary N) is 1. The van der Waals surface area contributed by atoms with Crippen LogP contribution in [-0.2, 0) is 10.0 Å². The van der Waals surface area contributed by atoms with Gasteiger partial charge in [0.05, 0.1) is 4.90 Å². The van der Waals surface area contributed by atoms with Gasteiger partial charge in [-0.25, -0.2) is 13.1 Å². The molecule has 0 heterocycles. The third-order valence-electron chi connectivity index (χ3n) is 2.83. The molecule has 0 aromatic heterocycles. The molecule has 0 aliphatic heterocycles. The number of sulfonamides is 1. The average Bonchev–Trinajstić information content (AvgIpc) is 2.39. The SMILES string of the molecule is C[C@@H](NS(=O)(=O)c1ccc(Cl)cc1)c1ccccc1Br. The summed E-state index contributed by atoms with van der Waals surface area (Å²) in [5.41, 5.74) is 0.880. The van der Waals surface area contributed by atoms with Crippen LogP contribution in [0.3, 0.4) is 0 Å². The Labute approximate surface area is 132 Å². The summed E-state index contributed by atoms with van der Waals surface area (Å²) in [6, 6.07) is 13.2. The van der Waals surface area contributed by atoms with Gasteiger partial charge in [0.15, 0.2) is 0 Å². The Hall–Kier alpha value is -0.880. The van der Waals surface area contributed by atoms with Gasteiger partial charge in [-0.2, -0.15) is 0 Å². The summed E-state index contributed by atoms with van der Waals surface area (Å²) in [5, 5.41) is 0.503. The summed E-state index contributed by atoms with van der Waals surface area (Å²) in [5.74, 6) is 0. The molecule has 1 atom stereocenters. The topological polar surface area (TPSA) is 46.2 Å². The number of benzene rings is 2. The summed E-state index contributed by atoms with van der Waals surface area (Å²) in [4.78, 5) is 0.195.